The van der Waals surface area contributed by atoms with Gasteiger partial charge in [0.2, 0.25) is 29.5 Å². The summed E-state index contributed by atoms with van der Waals surface area (Å²) in [7, 11) is 0. The molecule has 0 bridgehead atoms. The smallest absolute Gasteiger partial charge is 0.407 e. The SMILES string of the molecule is CCNC(=O)[C@@H](NC(=O)[C@H](CCNC(=O)OC(C)(C)C)NC(=O)[C@H](CCNC(=O)OC(C)(C)C)NC(=O)[C@H](CC(C)C)NC(=O)CN)C(C)O. The van der Waals surface area contributed by atoms with E-state index in [0.29, 0.717) is 0 Å². The summed E-state index contributed by atoms with van der Waals surface area (Å²) in [6, 6.07) is -5.18. The van der Waals surface area contributed by atoms with Crippen molar-refractivity contribution in [2.45, 2.75) is 130 Å². The molecule has 0 aliphatic carbocycles. The van der Waals surface area contributed by atoms with Crippen molar-refractivity contribution in [2.75, 3.05) is 26.2 Å². The van der Waals surface area contributed by atoms with E-state index in [-0.39, 0.29) is 51.4 Å². The summed E-state index contributed by atoms with van der Waals surface area (Å²) in [5.74, 6) is -3.74. The molecule has 0 saturated heterocycles. The predicted octanol–water partition coefficient (Wildman–Crippen LogP) is -0.723. The van der Waals surface area contributed by atoms with Crippen LogP contribution in [0.3, 0.4) is 0 Å². The van der Waals surface area contributed by atoms with Gasteiger partial charge in [-0.3, -0.25) is 24.0 Å². The maximum atomic E-state index is 13.8. The van der Waals surface area contributed by atoms with Crippen molar-refractivity contribution in [3.05, 3.63) is 0 Å². The van der Waals surface area contributed by atoms with Crippen LogP contribution in [0.1, 0.15) is 88.5 Å². The zero-order valence-electron chi connectivity index (χ0n) is 31.1. The fourth-order valence-electron chi connectivity index (χ4n) is 4.25. The molecule has 0 aliphatic rings. The van der Waals surface area contributed by atoms with Gasteiger partial charge in [-0.1, -0.05) is 13.8 Å². The number of nitrogens with one attached hydrogen (secondary N) is 7. The first kappa shape index (κ1) is 45.8. The lowest BCUT2D eigenvalue weighted by atomic mass is 10.0. The van der Waals surface area contributed by atoms with Crippen LogP contribution in [0.4, 0.5) is 9.59 Å². The van der Waals surface area contributed by atoms with E-state index in [4.69, 9.17) is 15.2 Å². The summed E-state index contributed by atoms with van der Waals surface area (Å²) in [4.78, 5) is 89.8. The van der Waals surface area contributed by atoms with Crippen molar-refractivity contribution in [1.29, 1.82) is 0 Å². The number of carbonyl (C=O) groups excluding carboxylic acids is 7. The number of aliphatic hydroxyl groups is 1. The molecule has 0 radical (unpaired) electrons. The second kappa shape index (κ2) is 21.8. The number of nitrogens with two attached hydrogens (primary N) is 1. The van der Waals surface area contributed by atoms with Crippen LogP contribution in [0, 0.1) is 5.92 Å². The molecule has 18 nitrogen and oxygen atoms in total. The van der Waals surface area contributed by atoms with Crippen LogP contribution in [-0.2, 0) is 33.4 Å². The molecule has 0 aromatic carbocycles. The fraction of sp³-hybridized carbons (Fsp3) is 0.781. The molecule has 0 fully saturated rings. The Morgan fingerprint density at radius 1 is 0.640 bits per heavy atom. The summed E-state index contributed by atoms with van der Waals surface area (Å²) in [6.45, 7) is 16.2. The van der Waals surface area contributed by atoms with E-state index in [9.17, 15) is 38.7 Å². The summed E-state index contributed by atoms with van der Waals surface area (Å²) in [6.07, 6.45) is -3.01. The number of alkyl carbamates (subject to hydrolysis) is 2. The number of aliphatic hydroxyl groups excluding tert-OH is 1. The van der Waals surface area contributed by atoms with E-state index in [1.54, 1.807) is 48.5 Å². The van der Waals surface area contributed by atoms with Gasteiger partial charge in [-0.05, 0) is 80.6 Å². The monoisotopic (exact) mass is 716 g/mol. The Hall–Kier alpha value is -4.19. The van der Waals surface area contributed by atoms with Crippen molar-refractivity contribution in [1.82, 2.24) is 37.2 Å². The van der Waals surface area contributed by atoms with Gasteiger partial charge in [0.15, 0.2) is 0 Å². The number of hydrogen-bond donors (Lipinski definition) is 9. The van der Waals surface area contributed by atoms with E-state index in [2.05, 4.69) is 37.2 Å². The Labute approximate surface area is 294 Å². The van der Waals surface area contributed by atoms with Gasteiger partial charge in [-0.2, -0.15) is 0 Å². The van der Waals surface area contributed by atoms with Crippen LogP contribution in [0.25, 0.3) is 0 Å². The Morgan fingerprint density at radius 3 is 1.42 bits per heavy atom. The molecule has 0 heterocycles. The molecule has 0 aromatic rings. The van der Waals surface area contributed by atoms with E-state index < -0.39 is 83.2 Å². The number of rotatable bonds is 19. The molecule has 50 heavy (non-hydrogen) atoms. The second-order valence-electron chi connectivity index (χ2n) is 14.1. The fourth-order valence-corrected chi connectivity index (χ4v) is 4.25. The first-order valence-corrected chi connectivity index (χ1v) is 16.8. The van der Waals surface area contributed by atoms with Crippen molar-refractivity contribution >= 4 is 41.7 Å². The molecule has 0 spiro atoms. The minimum atomic E-state index is -1.39. The zero-order valence-corrected chi connectivity index (χ0v) is 31.1. The molecular weight excluding hydrogens is 656 g/mol. The Kier molecular flexibility index (Phi) is 20.0. The highest BCUT2D eigenvalue weighted by molar-refractivity contribution is 5.95. The van der Waals surface area contributed by atoms with Crippen LogP contribution in [0.5, 0.6) is 0 Å². The molecule has 7 amide bonds. The number of amides is 7. The highest BCUT2D eigenvalue weighted by atomic mass is 16.6. The van der Waals surface area contributed by atoms with Crippen LogP contribution >= 0.6 is 0 Å². The van der Waals surface area contributed by atoms with Crippen LogP contribution in [-0.4, -0.2) is 114 Å². The predicted molar refractivity (Wildman–Crippen MR) is 184 cm³/mol. The molecule has 0 saturated carbocycles. The summed E-state index contributed by atoms with van der Waals surface area (Å²) >= 11 is 0. The summed E-state index contributed by atoms with van der Waals surface area (Å²) < 4.78 is 10.5. The third kappa shape index (κ3) is 20.4. The standard InChI is InChI=1S/C32H60N8O10/c1-11-34-28(46)24(19(4)41)40-26(44)21(13-15-36-30(48)50-32(8,9)10)38-25(43)20(12-14-35-29(47)49-31(5,6)7)39-27(45)22(16-18(2)3)37-23(42)17-33/h18-22,24,41H,11-17,33H2,1-10H3,(H,34,46)(H,35,47)(H,36,48)(H,37,42)(H,38,43)(H,39,45)(H,40,44)/t19?,20-,21-,22-,24-/m0/s1. The Bertz CT molecular complexity index is 1150. The average Bonchev–Trinajstić information content (AvgIpc) is 2.95. The highest BCUT2D eigenvalue weighted by Crippen LogP contribution is 2.09. The molecular formula is C32H60N8O10. The number of likely N-dealkylation sites (N-methyl/N-ethyl adjacent to an activating group) is 1. The van der Waals surface area contributed by atoms with Gasteiger partial charge >= 0.3 is 12.2 Å². The van der Waals surface area contributed by atoms with Crippen molar-refractivity contribution in [3.63, 3.8) is 0 Å². The molecule has 288 valence electrons. The number of hydrogen-bond acceptors (Lipinski definition) is 11. The van der Waals surface area contributed by atoms with Crippen molar-refractivity contribution < 1.29 is 48.1 Å². The third-order valence-electron chi connectivity index (χ3n) is 6.43. The van der Waals surface area contributed by atoms with Crippen molar-refractivity contribution in [2.24, 2.45) is 11.7 Å². The van der Waals surface area contributed by atoms with Crippen molar-refractivity contribution in [3.8, 4) is 0 Å². The summed E-state index contributed by atoms with van der Waals surface area (Å²) in [5.41, 5.74) is 3.82. The minimum Gasteiger partial charge on any atom is -0.444 e. The van der Waals surface area contributed by atoms with Gasteiger partial charge in [0, 0.05) is 19.6 Å². The van der Waals surface area contributed by atoms with Gasteiger partial charge in [0.25, 0.3) is 0 Å². The van der Waals surface area contributed by atoms with Gasteiger partial charge in [0.05, 0.1) is 12.6 Å². The minimum absolute atomic E-state index is 0.0396. The molecule has 5 atom stereocenters. The quantitative estimate of drug-likeness (QED) is 0.0805. The normalized spacial score (nSPS) is 14.5. The zero-order chi connectivity index (χ0) is 38.8. The lowest BCUT2D eigenvalue weighted by Crippen LogP contribution is -2.60. The maximum absolute atomic E-state index is 13.8. The third-order valence-corrected chi connectivity index (χ3v) is 6.43. The van der Waals surface area contributed by atoms with Gasteiger partial charge < -0.3 is 57.5 Å². The number of carbonyl (C=O) groups is 7. The molecule has 18 heteroatoms. The lowest BCUT2D eigenvalue weighted by Gasteiger charge is -2.28. The van der Waals surface area contributed by atoms with Gasteiger partial charge in [-0.15, -0.1) is 0 Å². The van der Waals surface area contributed by atoms with Crippen LogP contribution < -0.4 is 43.0 Å². The highest BCUT2D eigenvalue weighted by Gasteiger charge is 2.33. The second-order valence-corrected chi connectivity index (χ2v) is 14.1. The molecule has 10 N–H and O–H groups in total. The topological polar surface area (TPSA) is 268 Å². The van der Waals surface area contributed by atoms with Crippen LogP contribution in [0.15, 0.2) is 0 Å². The van der Waals surface area contributed by atoms with E-state index in [0.717, 1.165) is 0 Å². The molecule has 0 aromatic heterocycles. The summed E-state index contributed by atoms with van der Waals surface area (Å²) in [5, 5.41) is 27.8. The Morgan fingerprint density at radius 2 is 1.06 bits per heavy atom. The maximum Gasteiger partial charge on any atom is 0.407 e. The first-order valence-electron chi connectivity index (χ1n) is 16.8. The largest absolute Gasteiger partial charge is 0.444 e. The van der Waals surface area contributed by atoms with Gasteiger partial charge in [-0.25, -0.2) is 9.59 Å². The first-order chi connectivity index (χ1) is 23.0. The Balaban J connectivity index is 6.34. The average molecular weight is 717 g/mol. The molecule has 0 aliphatic heterocycles. The van der Waals surface area contributed by atoms with E-state index >= 15 is 0 Å². The van der Waals surface area contributed by atoms with E-state index in [1.807, 2.05) is 13.8 Å². The lowest BCUT2D eigenvalue weighted by molar-refractivity contribution is -0.135. The van der Waals surface area contributed by atoms with E-state index in [1.165, 1.54) is 6.92 Å². The molecule has 0 rings (SSSR count). The molecule has 1 unspecified atom stereocenters. The van der Waals surface area contributed by atoms with Gasteiger partial charge in [0.1, 0.15) is 35.4 Å². The van der Waals surface area contributed by atoms with Crippen LogP contribution in [0.2, 0.25) is 0 Å². The number of ether oxygens (including phenoxy) is 2.